The first-order chi connectivity index (χ1) is 7.75. The number of rotatable bonds is 2. The maximum absolute atomic E-state index is 12.6. The first-order valence-electron chi connectivity index (χ1n) is 5.26. The maximum Gasteiger partial charge on any atom is 0.253 e. The highest BCUT2D eigenvalue weighted by molar-refractivity contribution is 7.99. The monoisotopic (exact) mass is 240 g/mol. The minimum atomic E-state index is -0.564. The summed E-state index contributed by atoms with van der Waals surface area (Å²) in [6.07, 6.45) is 3.28. The third kappa shape index (κ3) is 2.95. The molecular formula is C11H13FN2OS. The molecule has 0 atom stereocenters. The van der Waals surface area contributed by atoms with Crippen molar-refractivity contribution >= 4 is 17.7 Å². The van der Waals surface area contributed by atoms with Gasteiger partial charge in [0.1, 0.15) is 0 Å². The Morgan fingerprint density at radius 2 is 2.19 bits per heavy atom. The molecule has 0 unspecified atom stereocenters. The second-order valence-electron chi connectivity index (χ2n) is 3.73. The molecule has 1 aliphatic rings. The molecule has 3 nitrogen and oxygen atoms in total. The fourth-order valence-corrected chi connectivity index (χ4v) is 2.73. The zero-order chi connectivity index (χ0) is 11.4. The molecule has 1 saturated heterocycles. The van der Waals surface area contributed by atoms with E-state index in [1.54, 1.807) is 0 Å². The van der Waals surface area contributed by atoms with Crippen LogP contribution in [0.3, 0.4) is 0 Å². The van der Waals surface area contributed by atoms with Crippen LogP contribution in [0.15, 0.2) is 18.3 Å². The molecule has 1 N–H and O–H groups in total. The highest BCUT2D eigenvalue weighted by Gasteiger charge is 2.16. The lowest BCUT2D eigenvalue weighted by molar-refractivity contribution is 0.0934. The molecule has 0 spiro atoms. The van der Waals surface area contributed by atoms with E-state index in [1.165, 1.54) is 18.3 Å². The molecule has 86 valence electrons. The van der Waals surface area contributed by atoms with Gasteiger partial charge in [-0.05, 0) is 36.5 Å². The third-order valence-corrected chi connectivity index (χ3v) is 3.59. The number of nitrogens with one attached hydrogen (secondary N) is 1. The summed E-state index contributed by atoms with van der Waals surface area (Å²) >= 11 is 1.91. The van der Waals surface area contributed by atoms with Crippen molar-refractivity contribution in [1.29, 1.82) is 0 Å². The quantitative estimate of drug-likeness (QED) is 0.802. The van der Waals surface area contributed by atoms with Crippen molar-refractivity contribution in [2.24, 2.45) is 0 Å². The van der Waals surface area contributed by atoms with Crippen molar-refractivity contribution in [2.45, 2.75) is 18.9 Å². The van der Waals surface area contributed by atoms with E-state index < -0.39 is 5.95 Å². The second kappa shape index (κ2) is 5.30. The van der Waals surface area contributed by atoms with Gasteiger partial charge in [0.2, 0.25) is 5.95 Å². The number of thioether (sulfide) groups is 1. The zero-order valence-corrected chi connectivity index (χ0v) is 9.60. The fraction of sp³-hybridized carbons (Fsp3) is 0.455. The van der Waals surface area contributed by atoms with Crippen molar-refractivity contribution < 1.29 is 9.18 Å². The van der Waals surface area contributed by atoms with E-state index >= 15 is 0 Å². The van der Waals surface area contributed by atoms with Crippen LogP contribution in [0.5, 0.6) is 0 Å². The van der Waals surface area contributed by atoms with Crippen molar-refractivity contribution in [3.63, 3.8) is 0 Å². The van der Waals surface area contributed by atoms with E-state index in [0.29, 0.717) is 5.56 Å². The first-order valence-corrected chi connectivity index (χ1v) is 6.41. The molecule has 0 saturated carbocycles. The largest absolute Gasteiger partial charge is 0.349 e. The summed E-state index contributed by atoms with van der Waals surface area (Å²) in [7, 11) is 0. The van der Waals surface area contributed by atoms with Gasteiger partial charge in [-0.15, -0.1) is 0 Å². The van der Waals surface area contributed by atoms with Crippen molar-refractivity contribution in [2.75, 3.05) is 11.5 Å². The Kier molecular flexibility index (Phi) is 3.77. The average Bonchev–Trinajstić information content (AvgIpc) is 2.31. The molecule has 0 radical (unpaired) electrons. The normalized spacial score (nSPS) is 17.1. The average molecular weight is 240 g/mol. The molecule has 0 bridgehead atoms. The summed E-state index contributed by atoms with van der Waals surface area (Å²) in [6, 6.07) is 2.90. The summed E-state index contributed by atoms with van der Waals surface area (Å²) < 4.78 is 12.6. The van der Waals surface area contributed by atoms with Crippen molar-refractivity contribution in [3.05, 3.63) is 29.8 Å². The van der Waals surface area contributed by atoms with Crippen LogP contribution in [0.4, 0.5) is 4.39 Å². The summed E-state index contributed by atoms with van der Waals surface area (Å²) in [5.74, 6) is 1.45. The lowest BCUT2D eigenvalue weighted by atomic mass is 10.1. The van der Waals surface area contributed by atoms with E-state index in [1.807, 2.05) is 11.8 Å². The summed E-state index contributed by atoms with van der Waals surface area (Å²) in [6.45, 7) is 0. The number of aromatic nitrogens is 1. The van der Waals surface area contributed by atoms with Crippen LogP contribution in [-0.4, -0.2) is 28.4 Å². The van der Waals surface area contributed by atoms with Gasteiger partial charge in [0.25, 0.3) is 5.91 Å². The zero-order valence-electron chi connectivity index (χ0n) is 8.78. The summed E-state index contributed by atoms with van der Waals surface area (Å²) in [5, 5.41) is 2.94. The Hall–Kier alpha value is -1.10. The number of pyridine rings is 1. The maximum atomic E-state index is 12.6. The third-order valence-electron chi connectivity index (χ3n) is 2.55. The molecule has 1 aromatic rings. The Labute approximate surface area is 97.8 Å². The lowest BCUT2D eigenvalue weighted by Crippen LogP contribution is -2.37. The molecule has 1 fully saturated rings. The van der Waals surface area contributed by atoms with E-state index in [4.69, 9.17) is 0 Å². The highest BCUT2D eigenvalue weighted by Crippen LogP contribution is 2.17. The molecule has 5 heteroatoms. The second-order valence-corrected chi connectivity index (χ2v) is 4.95. The number of hydrogen-bond donors (Lipinski definition) is 1. The molecule has 0 aliphatic carbocycles. The van der Waals surface area contributed by atoms with Crippen LogP contribution in [0.2, 0.25) is 0 Å². The minimum Gasteiger partial charge on any atom is -0.349 e. The first kappa shape index (κ1) is 11.4. The Bertz CT molecular complexity index is 363. The van der Waals surface area contributed by atoms with E-state index in [-0.39, 0.29) is 11.9 Å². The predicted molar refractivity (Wildman–Crippen MR) is 62.0 cm³/mol. The Morgan fingerprint density at radius 1 is 1.44 bits per heavy atom. The molecule has 0 aromatic carbocycles. The molecule has 1 aliphatic heterocycles. The number of hydrogen-bond acceptors (Lipinski definition) is 3. The Morgan fingerprint density at radius 3 is 2.81 bits per heavy atom. The van der Waals surface area contributed by atoms with Gasteiger partial charge in [0, 0.05) is 12.2 Å². The number of halogens is 1. The molecule has 2 heterocycles. The van der Waals surface area contributed by atoms with Crippen LogP contribution in [-0.2, 0) is 0 Å². The van der Waals surface area contributed by atoms with E-state index in [2.05, 4.69) is 10.3 Å². The fourth-order valence-electron chi connectivity index (χ4n) is 1.62. The van der Waals surface area contributed by atoms with Crippen LogP contribution < -0.4 is 5.32 Å². The van der Waals surface area contributed by atoms with Gasteiger partial charge in [0.15, 0.2) is 0 Å². The topological polar surface area (TPSA) is 42.0 Å². The lowest BCUT2D eigenvalue weighted by Gasteiger charge is -2.22. The minimum absolute atomic E-state index is 0.163. The van der Waals surface area contributed by atoms with Gasteiger partial charge in [-0.1, -0.05) is 0 Å². The van der Waals surface area contributed by atoms with Gasteiger partial charge >= 0.3 is 0 Å². The number of carbonyl (C=O) groups is 1. The molecule has 1 amide bonds. The van der Waals surface area contributed by atoms with E-state index in [0.717, 1.165) is 24.3 Å². The molecule has 1 aromatic heterocycles. The number of nitrogens with zero attached hydrogens (tertiary/aromatic N) is 1. The van der Waals surface area contributed by atoms with Gasteiger partial charge in [-0.2, -0.15) is 16.2 Å². The highest BCUT2D eigenvalue weighted by atomic mass is 32.2. The molecule has 16 heavy (non-hydrogen) atoms. The van der Waals surface area contributed by atoms with Crippen LogP contribution >= 0.6 is 11.8 Å². The van der Waals surface area contributed by atoms with Gasteiger partial charge in [0.05, 0.1) is 5.56 Å². The Balaban J connectivity index is 1.94. The van der Waals surface area contributed by atoms with Crippen molar-refractivity contribution in [1.82, 2.24) is 10.3 Å². The predicted octanol–water partition coefficient (Wildman–Crippen LogP) is 1.85. The number of carbonyl (C=O) groups excluding carboxylic acids is 1. The van der Waals surface area contributed by atoms with Crippen LogP contribution in [0, 0.1) is 5.95 Å². The molecular weight excluding hydrogens is 227 g/mol. The SMILES string of the molecule is O=C(NC1CCSCC1)c1ccc(F)nc1. The van der Waals surface area contributed by atoms with Crippen LogP contribution in [0.1, 0.15) is 23.2 Å². The standard InChI is InChI=1S/C11H13FN2OS/c12-10-2-1-8(7-13-10)11(15)14-9-3-5-16-6-4-9/h1-2,7,9H,3-6H2,(H,14,15). The van der Waals surface area contributed by atoms with Crippen LogP contribution in [0.25, 0.3) is 0 Å². The van der Waals surface area contributed by atoms with Gasteiger partial charge < -0.3 is 5.32 Å². The van der Waals surface area contributed by atoms with E-state index in [9.17, 15) is 9.18 Å². The van der Waals surface area contributed by atoms with Gasteiger partial charge in [-0.25, -0.2) is 4.98 Å². The molecule has 2 rings (SSSR count). The summed E-state index contributed by atoms with van der Waals surface area (Å²) in [5.41, 5.74) is 0.416. The number of amides is 1. The summed E-state index contributed by atoms with van der Waals surface area (Å²) in [4.78, 5) is 15.2. The smallest absolute Gasteiger partial charge is 0.253 e. The van der Waals surface area contributed by atoms with Gasteiger partial charge in [-0.3, -0.25) is 4.79 Å². The van der Waals surface area contributed by atoms with Crippen molar-refractivity contribution in [3.8, 4) is 0 Å².